The molecule has 0 saturated carbocycles. The van der Waals surface area contributed by atoms with Crippen molar-refractivity contribution in [2.24, 2.45) is 5.73 Å². The molecule has 2 heteroatoms. The lowest BCUT2D eigenvalue weighted by atomic mass is 10.0. The van der Waals surface area contributed by atoms with Crippen LogP contribution >= 0.6 is 11.8 Å². The zero-order chi connectivity index (χ0) is 13.8. The minimum Gasteiger partial charge on any atom is -0.328 e. The molecule has 0 radical (unpaired) electrons. The Labute approximate surface area is 120 Å². The highest BCUT2D eigenvalue weighted by Crippen LogP contribution is 2.29. The van der Waals surface area contributed by atoms with Crippen molar-refractivity contribution in [3.63, 3.8) is 0 Å². The Kier molecular flexibility index (Phi) is 4.67. The molecule has 1 nitrogen and oxygen atoms in total. The van der Waals surface area contributed by atoms with Gasteiger partial charge >= 0.3 is 0 Å². The number of hydrogen-bond acceptors (Lipinski definition) is 2. The summed E-state index contributed by atoms with van der Waals surface area (Å²) in [7, 11) is 0. The van der Waals surface area contributed by atoms with Crippen LogP contribution in [0.4, 0.5) is 0 Å². The third-order valence-corrected chi connectivity index (χ3v) is 4.06. The average molecular weight is 271 g/mol. The van der Waals surface area contributed by atoms with Gasteiger partial charge in [-0.05, 0) is 62.6 Å². The first-order chi connectivity index (χ1) is 9.04. The summed E-state index contributed by atoms with van der Waals surface area (Å²) in [4.78, 5) is 2.58. The third-order valence-electron chi connectivity index (χ3n) is 3.08. The number of hydrogen-bond donors (Lipinski definition) is 1. The van der Waals surface area contributed by atoms with Gasteiger partial charge in [0.1, 0.15) is 0 Å². The molecule has 2 aromatic carbocycles. The molecule has 2 N–H and O–H groups in total. The summed E-state index contributed by atoms with van der Waals surface area (Å²) in [6.45, 7) is 6.34. The van der Waals surface area contributed by atoms with Gasteiger partial charge in [0.05, 0.1) is 0 Å². The Balaban J connectivity index is 2.16. The van der Waals surface area contributed by atoms with Crippen LogP contribution in [0.2, 0.25) is 0 Å². The average Bonchev–Trinajstić information content (AvgIpc) is 2.32. The minimum atomic E-state index is 0.217. The second kappa shape index (κ2) is 6.27. The van der Waals surface area contributed by atoms with Gasteiger partial charge in [-0.15, -0.1) is 0 Å². The maximum Gasteiger partial charge on any atom is 0.0125 e. The van der Waals surface area contributed by atoms with Crippen LogP contribution in [0.15, 0.2) is 52.3 Å². The molecule has 0 aromatic heterocycles. The van der Waals surface area contributed by atoms with Crippen LogP contribution in [0.25, 0.3) is 0 Å². The summed E-state index contributed by atoms with van der Waals surface area (Å²) < 4.78 is 0. The van der Waals surface area contributed by atoms with E-state index in [4.69, 9.17) is 5.73 Å². The van der Waals surface area contributed by atoms with E-state index in [0.29, 0.717) is 0 Å². The van der Waals surface area contributed by atoms with Crippen LogP contribution < -0.4 is 5.73 Å². The van der Waals surface area contributed by atoms with Gasteiger partial charge in [0.15, 0.2) is 0 Å². The molecule has 0 heterocycles. The van der Waals surface area contributed by atoms with Gasteiger partial charge < -0.3 is 5.73 Å². The lowest BCUT2D eigenvalue weighted by Crippen LogP contribution is -2.18. The molecule has 1 unspecified atom stereocenters. The molecule has 1 atom stereocenters. The van der Waals surface area contributed by atoms with Crippen molar-refractivity contribution in [2.45, 2.75) is 43.0 Å². The molecule has 0 aliphatic rings. The van der Waals surface area contributed by atoms with Crippen LogP contribution in [0.3, 0.4) is 0 Å². The van der Waals surface area contributed by atoms with Crippen molar-refractivity contribution in [3.8, 4) is 0 Å². The normalized spacial score (nSPS) is 12.4. The first kappa shape index (κ1) is 14.2. The maximum atomic E-state index is 5.87. The lowest BCUT2D eigenvalue weighted by molar-refractivity contribution is 0.734. The SMILES string of the molecule is Cc1cccc(Sc2ccc(CC(C)N)c(C)c2)c1. The zero-order valence-corrected chi connectivity index (χ0v) is 12.6. The topological polar surface area (TPSA) is 26.0 Å². The van der Waals surface area contributed by atoms with Crippen molar-refractivity contribution in [1.82, 2.24) is 0 Å². The van der Waals surface area contributed by atoms with E-state index in [1.807, 2.05) is 11.8 Å². The first-order valence-corrected chi connectivity index (χ1v) is 7.46. The monoisotopic (exact) mass is 271 g/mol. The molecule has 0 aliphatic carbocycles. The molecule has 2 rings (SSSR count). The molecule has 0 fully saturated rings. The summed E-state index contributed by atoms with van der Waals surface area (Å²) in [5, 5.41) is 0. The minimum absolute atomic E-state index is 0.217. The third kappa shape index (κ3) is 4.12. The molecule has 19 heavy (non-hydrogen) atoms. The highest BCUT2D eigenvalue weighted by molar-refractivity contribution is 7.99. The van der Waals surface area contributed by atoms with Crippen molar-refractivity contribution in [1.29, 1.82) is 0 Å². The molecule has 100 valence electrons. The van der Waals surface area contributed by atoms with E-state index < -0.39 is 0 Å². The smallest absolute Gasteiger partial charge is 0.0125 e. The molecular weight excluding hydrogens is 250 g/mol. The first-order valence-electron chi connectivity index (χ1n) is 6.64. The van der Waals surface area contributed by atoms with Gasteiger partial charge in [0, 0.05) is 15.8 Å². The Hall–Kier alpha value is -1.25. The van der Waals surface area contributed by atoms with Crippen LogP contribution in [0, 0.1) is 13.8 Å². The molecule has 0 amide bonds. The van der Waals surface area contributed by atoms with Crippen LogP contribution in [-0.4, -0.2) is 6.04 Å². The molecule has 0 spiro atoms. The molecule has 2 aromatic rings. The Morgan fingerprint density at radius 3 is 2.42 bits per heavy atom. The van der Waals surface area contributed by atoms with Crippen LogP contribution in [0.1, 0.15) is 23.6 Å². The van der Waals surface area contributed by atoms with Crippen molar-refractivity contribution in [3.05, 3.63) is 59.2 Å². The summed E-state index contributed by atoms with van der Waals surface area (Å²) in [5.74, 6) is 0. The fraction of sp³-hybridized carbons (Fsp3) is 0.294. The summed E-state index contributed by atoms with van der Waals surface area (Å²) in [5.41, 5.74) is 9.85. The Morgan fingerprint density at radius 1 is 1.05 bits per heavy atom. The summed E-state index contributed by atoms with van der Waals surface area (Å²) >= 11 is 1.81. The molecular formula is C17H21NS. The number of rotatable bonds is 4. The van der Waals surface area contributed by atoms with Gasteiger partial charge in [-0.2, -0.15) is 0 Å². The Morgan fingerprint density at radius 2 is 1.79 bits per heavy atom. The van der Waals surface area contributed by atoms with Crippen molar-refractivity contribution in [2.75, 3.05) is 0 Å². The van der Waals surface area contributed by atoms with Gasteiger partial charge in [-0.3, -0.25) is 0 Å². The predicted octanol–water partition coefficient (Wildman–Crippen LogP) is 4.34. The highest BCUT2D eigenvalue weighted by atomic mass is 32.2. The predicted molar refractivity (Wildman–Crippen MR) is 83.8 cm³/mol. The number of benzene rings is 2. The van der Waals surface area contributed by atoms with E-state index in [-0.39, 0.29) is 6.04 Å². The number of aryl methyl sites for hydroxylation is 2. The fourth-order valence-corrected chi connectivity index (χ4v) is 3.16. The zero-order valence-electron chi connectivity index (χ0n) is 11.8. The van der Waals surface area contributed by atoms with E-state index in [1.165, 1.54) is 26.5 Å². The van der Waals surface area contributed by atoms with Crippen molar-refractivity contribution >= 4 is 11.8 Å². The standard InChI is InChI=1S/C17H21NS/c1-12-5-4-6-16(9-12)19-17-8-7-15(11-14(3)18)13(2)10-17/h4-10,14H,11,18H2,1-3H3. The van der Waals surface area contributed by atoms with Crippen LogP contribution in [-0.2, 0) is 6.42 Å². The van der Waals surface area contributed by atoms with E-state index in [1.54, 1.807) is 0 Å². The second-order valence-corrected chi connectivity index (χ2v) is 6.34. The van der Waals surface area contributed by atoms with E-state index in [2.05, 4.69) is 63.2 Å². The van der Waals surface area contributed by atoms with Gasteiger partial charge in [-0.1, -0.05) is 35.5 Å². The quantitative estimate of drug-likeness (QED) is 0.895. The van der Waals surface area contributed by atoms with E-state index >= 15 is 0 Å². The van der Waals surface area contributed by atoms with E-state index in [9.17, 15) is 0 Å². The van der Waals surface area contributed by atoms with Gasteiger partial charge in [0.25, 0.3) is 0 Å². The fourth-order valence-electron chi connectivity index (χ4n) is 2.12. The maximum absolute atomic E-state index is 5.87. The molecule has 0 aliphatic heterocycles. The van der Waals surface area contributed by atoms with Crippen LogP contribution in [0.5, 0.6) is 0 Å². The highest BCUT2D eigenvalue weighted by Gasteiger charge is 2.04. The summed E-state index contributed by atoms with van der Waals surface area (Å²) in [6, 6.07) is 15.5. The molecule has 0 saturated heterocycles. The van der Waals surface area contributed by atoms with Crippen molar-refractivity contribution < 1.29 is 0 Å². The van der Waals surface area contributed by atoms with E-state index in [0.717, 1.165) is 6.42 Å². The largest absolute Gasteiger partial charge is 0.328 e. The second-order valence-electron chi connectivity index (χ2n) is 5.19. The van der Waals surface area contributed by atoms with Gasteiger partial charge in [0.2, 0.25) is 0 Å². The number of nitrogens with two attached hydrogens (primary N) is 1. The molecule has 0 bridgehead atoms. The lowest BCUT2D eigenvalue weighted by Gasteiger charge is -2.10. The Bertz CT molecular complexity index is 561. The summed E-state index contributed by atoms with van der Waals surface area (Å²) in [6.07, 6.45) is 0.946. The van der Waals surface area contributed by atoms with Gasteiger partial charge in [-0.25, -0.2) is 0 Å².